The van der Waals surface area contributed by atoms with Crippen molar-refractivity contribution in [3.8, 4) is 5.69 Å². The molecule has 0 unspecified atom stereocenters. The van der Waals surface area contributed by atoms with Gasteiger partial charge in [0.1, 0.15) is 12.7 Å². The Balaban J connectivity index is 1.23. The van der Waals surface area contributed by atoms with Gasteiger partial charge < -0.3 is 10.2 Å². The summed E-state index contributed by atoms with van der Waals surface area (Å²) in [5.41, 5.74) is 2.88. The maximum atomic E-state index is 12.8. The van der Waals surface area contributed by atoms with Crippen LogP contribution in [0.2, 0.25) is 5.02 Å². The molecule has 1 N–H and O–H groups in total. The lowest BCUT2D eigenvalue weighted by molar-refractivity contribution is 0.0705. The van der Waals surface area contributed by atoms with Crippen LogP contribution in [0.4, 0.5) is 0 Å². The van der Waals surface area contributed by atoms with E-state index in [1.807, 2.05) is 41.3 Å². The van der Waals surface area contributed by atoms with Gasteiger partial charge in [-0.2, -0.15) is 5.10 Å². The summed E-state index contributed by atoms with van der Waals surface area (Å²) in [6, 6.07) is 16.0. The molecule has 0 bridgehead atoms. The van der Waals surface area contributed by atoms with Gasteiger partial charge in [-0.3, -0.25) is 4.79 Å². The van der Waals surface area contributed by atoms with Crippen LogP contribution in [0, 0.1) is 0 Å². The van der Waals surface area contributed by atoms with Crippen LogP contribution in [0.5, 0.6) is 0 Å². The third-order valence-corrected chi connectivity index (χ3v) is 5.59. The molecule has 0 aliphatic carbocycles. The lowest BCUT2D eigenvalue weighted by Gasteiger charge is -2.32. The maximum Gasteiger partial charge on any atom is 0.253 e. The minimum Gasteiger partial charge on any atom is -0.339 e. The molecular formula is C22H24ClN5O. The molecule has 4 rings (SSSR count). The molecule has 1 saturated heterocycles. The van der Waals surface area contributed by atoms with E-state index in [4.69, 9.17) is 11.6 Å². The summed E-state index contributed by atoms with van der Waals surface area (Å²) in [4.78, 5) is 18.7. The normalized spacial score (nSPS) is 14.9. The number of aromatic nitrogens is 3. The Labute approximate surface area is 175 Å². The zero-order chi connectivity index (χ0) is 20.1. The first-order valence-electron chi connectivity index (χ1n) is 9.91. The fourth-order valence-electron chi connectivity index (χ4n) is 3.64. The minimum absolute atomic E-state index is 0.0924. The number of halogens is 1. The fourth-order valence-corrected chi connectivity index (χ4v) is 3.77. The van der Waals surface area contributed by atoms with E-state index in [9.17, 15) is 4.79 Å². The molecule has 6 nitrogen and oxygen atoms in total. The van der Waals surface area contributed by atoms with E-state index in [1.54, 1.807) is 11.0 Å². The van der Waals surface area contributed by atoms with E-state index >= 15 is 0 Å². The van der Waals surface area contributed by atoms with Crippen molar-refractivity contribution in [3.63, 3.8) is 0 Å². The first-order chi connectivity index (χ1) is 14.2. The van der Waals surface area contributed by atoms with Gasteiger partial charge >= 0.3 is 0 Å². The lowest BCUT2D eigenvalue weighted by Crippen LogP contribution is -2.45. The standard InChI is InChI=1S/C22H24ClN5O/c23-19-5-1-17(2-6-19)9-12-25-20-10-13-27(14-11-20)22(29)18-3-7-21(8-4-18)28-16-24-15-26-28/h1-8,15-16,20,25H,9-14H2. The van der Waals surface area contributed by atoms with E-state index in [1.165, 1.54) is 11.9 Å². The van der Waals surface area contributed by atoms with Gasteiger partial charge in [0.2, 0.25) is 0 Å². The van der Waals surface area contributed by atoms with Crippen LogP contribution in [-0.2, 0) is 6.42 Å². The second kappa shape index (κ2) is 9.20. The van der Waals surface area contributed by atoms with Gasteiger partial charge in [-0.25, -0.2) is 9.67 Å². The number of nitrogens with zero attached hydrogens (tertiary/aromatic N) is 4. The number of hydrogen-bond donors (Lipinski definition) is 1. The molecule has 3 aromatic rings. The predicted molar refractivity (Wildman–Crippen MR) is 113 cm³/mol. The van der Waals surface area contributed by atoms with Crippen LogP contribution < -0.4 is 5.32 Å². The Bertz CT molecular complexity index is 917. The van der Waals surface area contributed by atoms with Crippen LogP contribution in [-0.4, -0.2) is 51.2 Å². The highest BCUT2D eigenvalue weighted by Crippen LogP contribution is 2.16. The first-order valence-corrected chi connectivity index (χ1v) is 10.3. The maximum absolute atomic E-state index is 12.8. The van der Waals surface area contributed by atoms with Gasteiger partial charge in [-0.05, 0) is 67.8 Å². The summed E-state index contributed by atoms with van der Waals surface area (Å²) >= 11 is 5.93. The van der Waals surface area contributed by atoms with Crippen molar-refractivity contribution in [2.75, 3.05) is 19.6 Å². The largest absolute Gasteiger partial charge is 0.339 e. The van der Waals surface area contributed by atoms with Gasteiger partial charge in [-0.15, -0.1) is 0 Å². The molecule has 0 saturated carbocycles. The summed E-state index contributed by atoms with van der Waals surface area (Å²) in [5, 5.41) is 8.49. The van der Waals surface area contributed by atoms with Crippen molar-refractivity contribution in [1.82, 2.24) is 25.0 Å². The van der Waals surface area contributed by atoms with E-state index in [0.29, 0.717) is 11.6 Å². The molecular weight excluding hydrogens is 386 g/mol. The van der Waals surface area contributed by atoms with Gasteiger partial charge in [0.15, 0.2) is 0 Å². The number of carbonyl (C=O) groups excluding carboxylic acids is 1. The molecule has 0 atom stereocenters. The smallest absolute Gasteiger partial charge is 0.253 e. The molecule has 150 valence electrons. The van der Waals surface area contributed by atoms with Crippen LogP contribution in [0.1, 0.15) is 28.8 Å². The van der Waals surface area contributed by atoms with Crippen LogP contribution in [0.3, 0.4) is 0 Å². The summed E-state index contributed by atoms with van der Waals surface area (Å²) < 4.78 is 1.68. The Morgan fingerprint density at radius 3 is 2.45 bits per heavy atom. The van der Waals surface area contributed by atoms with Crippen LogP contribution in [0.15, 0.2) is 61.2 Å². The van der Waals surface area contributed by atoms with E-state index < -0.39 is 0 Å². The second-order valence-electron chi connectivity index (χ2n) is 7.28. The number of nitrogens with one attached hydrogen (secondary N) is 1. The van der Waals surface area contributed by atoms with Crippen molar-refractivity contribution in [1.29, 1.82) is 0 Å². The molecule has 1 aliphatic heterocycles. The monoisotopic (exact) mass is 409 g/mol. The van der Waals surface area contributed by atoms with Crippen molar-refractivity contribution in [2.24, 2.45) is 0 Å². The predicted octanol–water partition coefficient (Wildman–Crippen LogP) is 3.36. The summed E-state index contributed by atoms with van der Waals surface area (Å²) in [5.74, 6) is 0.0924. The molecule has 0 spiro atoms. The Morgan fingerprint density at radius 2 is 1.79 bits per heavy atom. The van der Waals surface area contributed by atoms with Gasteiger partial charge in [0.05, 0.1) is 5.69 Å². The number of benzene rings is 2. The molecule has 1 aromatic heterocycles. The quantitative estimate of drug-likeness (QED) is 0.678. The Kier molecular flexibility index (Phi) is 6.22. The van der Waals surface area contributed by atoms with Gasteiger partial charge in [0, 0.05) is 29.7 Å². The van der Waals surface area contributed by atoms with Crippen molar-refractivity contribution in [2.45, 2.75) is 25.3 Å². The third-order valence-electron chi connectivity index (χ3n) is 5.34. The second-order valence-corrected chi connectivity index (χ2v) is 7.72. The zero-order valence-electron chi connectivity index (χ0n) is 16.2. The number of carbonyl (C=O) groups is 1. The highest BCUT2D eigenvalue weighted by Gasteiger charge is 2.23. The molecule has 1 amide bonds. The zero-order valence-corrected chi connectivity index (χ0v) is 16.9. The summed E-state index contributed by atoms with van der Waals surface area (Å²) in [7, 11) is 0. The van der Waals surface area contributed by atoms with E-state index in [2.05, 4.69) is 27.5 Å². The van der Waals surface area contributed by atoms with Crippen LogP contribution in [0.25, 0.3) is 5.69 Å². The highest BCUT2D eigenvalue weighted by molar-refractivity contribution is 6.30. The minimum atomic E-state index is 0.0924. The SMILES string of the molecule is O=C(c1ccc(-n2cncn2)cc1)N1CCC(NCCc2ccc(Cl)cc2)CC1. The summed E-state index contributed by atoms with van der Waals surface area (Å²) in [6.45, 7) is 2.49. The Morgan fingerprint density at radius 1 is 1.07 bits per heavy atom. The molecule has 0 radical (unpaired) electrons. The number of hydrogen-bond acceptors (Lipinski definition) is 4. The molecule has 1 fully saturated rings. The topological polar surface area (TPSA) is 63.1 Å². The van der Waals surface area contributed by atoms with E-state index in [-0.39, 0.29) is 5.91 Å². The number of amides is 1. The fraction of sp³-hybridized carbons (Fsp3) is 0.318. The molecule has 7 heteroatoms. The van der Waals surface area contributed by atoms with Crippen molar-refractivity contribution >= 4 is 17.5 Å². The molecule has 29 heavy (non-hydrogen) atoms. The van der Waals surface area contributed by atoms with Crippen molar-refractivity contribution in [3.05, 3.63) is 77.3 Å². The van der Waals surface area contributed by atoms with Crippen molar-refractivity contribution < 1.29 is 4.79 Å². The molecule has 2 heterocycles. The van der Waals surface area contributed by atoms with Crippen LogP contribution >= 0.6 is 11.6 Å². The van der Waals surface area contributed by atoms with E-state index in [0.717, 1.165) is 49.6 Å². The van der Waals surface area contributed by atoms with Gasteiger partial charge in [-0.1, -0.05) is 23.7 Å². The third kappa shape index (κ3) is 5.02. The average Bonchev–Trinajstić information content (AvgIpc) is 3.30. The number of piperidine rings is 1. The average molecular weight is 410 g/mol. The molecule has 1 aliphatic rings. The van der Waals surface area contributed by atoms with Gasteiger partial charge in [0.25, 0.3) is 5.91 Å². The summed E-state index contributed by atoms with van der Waals surface area (Å²) in [6.07, 6.45) is 6.06. The molecule has 2 aromatic carbocycles. The number of likely N-dealkylation sites (tertiary alicyclic amines) is 1. The number of rotatable bonds is 6. The first kappa shape index (κ1) is 19.6. The lowest BCUT2D eigenvalue weighted by atomic mass is 10.0. The Hall–Kier alpha value is -2.70. The highest BCUT2D eigenvalue weighted by atomic mass is 35.5.